The third-order valence-corrected chi connectivity index (χ3v) is 3.17. The minimum Gasteiger partial charge on any atom is -0.409 e. The summed E-state index contributed by atoms with van der Waals surface area (Å²) in [4.78, 5) is 12.9. The topological polar surface area (TPSA) is 116 Å². The predicted octanol–water partition coefficient (Wildman–Crippen LogP) is 1.88. The van der Waals surface area contributed by atoms with Crippen molar-refractivity contribution < 1.29 is 19.0 Å². The molecule has 24 heavy (non-hydrogen) atoms. The number of rotatable bonds is 4. The van der Waals surface area contributed by atoms with Gasteiger partial charge in [-0.25, -0.2) is 13.8 Å². The van der Waals surface area contributed by atoms with Crippen LogP contribution in [0.1, 0.15) is 11.4 Å². The van der Waals surface area contributed by atoms with Gasteiger partial charge < -0.3 is 20.7 Å². The van der Waals surface area contributed by atoms with Crippen molar-refractivity contribution in [3.8, 4) is 0 Å². The third-order valence-electron chi connectivity index (χ3n) is 2.88. The van der Waals surface area contributed by atoms with Gasteiger partial charge in [0.15, 0.2) is 5.69 Å². The highest BCUT2D eigenvalue weighted by Gasteiger charge is 2.18. The summed E-state index contributed by atoms with van der Waals surface area (Å²) in [6, 6.07) is 3.51. The summed E-state index contributed by atoms with van der Waals surface area (Å²) in [5, 5.41) is 24.7. The molecule has 0 bridgehead atoms. The molecule has 0 fully saturated rings. The van der Waals surface area contributed by atoms with Crippen molar-refractivity contribution >= 4 is 29.2 Å². The molecule has 0 unspecified atom stereocenters. The molecule has 0 aliphatic carbocycles. The average Bonchev–Trinajstić information content (AvgIpc) is 3.01. The van der Waals surface area contributed by atoms with E-state index >= 15 is 0 Å². The molecule has 3 N–H and O–H groups in total. The fraction of sp³-hybridized carbons (Fsp3) is 0.231. The number of benzene rings is 1. The number of hydrogen-bond acceptors (Lipinski definition) is 6. The number of carbonyl (C=O) groups is 1. The Morgan fingerprint density at radius 2 is 2.21 bits per heavy atom. The van der Waals surface area contributed by atoms with E-state index in [1.807, 2.05) is 0 Å². The first-order chi connectivity index (χ1) is 11.4. The maximum atomic E-state index is 13.2. The highest BCUT2D eigenvalue weighted by molar-refractivity contribution is 6.31. The molecular formula is C13H14ClFN6O3. The fourth-order valence-electron chi connectivity index (χ4n) is 1.66. The molecule has 1 aromatic carbocycles. The van der Waals surface area contributed by atoms with E-state index in [1.54, 1.807) is 14.1 Å². The lowest BCUT2D eigenvalue weighted by molar-refractivity contribution is 0.216. The molecule has 0 saturated carbocycles. The Labute approximate surface area is 141 Å². The standard InChI is InChI=1S/C13H14ClFN6O3/c1-21(2)13(22)16-6-10-11(20-24-19-10)12(18-23)17-7-3-4-9(15)8(14)5-7/h3-5,23H,6H2,1-2H3,(H,16,22)(H,17,18). The van der Waals surface area contributed by atoms with Crippen molar-refractivity contribution in [2.24, 2.45) is 5.16 Å². The summed E-state index contributed by atoms with van der Waals surface area (Å²) in [6.45, 7) is 0.000715. The molecule has 2 aromatic rings. The van der Waals surface area contributed by atoms with Crippen LogP contribution >= 0.6 is 11.6 Å². The molecule has 2 rings (SSSR count). The average molecular weight is 357 g/mol. The van der Waals surface area contributed by atoms with Crippen LogP contribution in [-0.4, -0.2) is 46.4 Å². The maximum absolute atomic E-state index is 13.2. The van der Waals surface area contributed by atoms with E-state index in [-0.39, 0.29) is 34.8 Å². The van der Waals surface area contributed by atoms with Crippen molar-refractivity contribution in [3.63, 3.8) is 0 Å². The van der Waals surface area contributed by atoms with Gasteiger partial charge in [0.2, 0.25) is 5.84 Å². The molecule has 11 heteroatoms. The van der Waals surface area contributed by atoms with Gasteiger partial charge >= 0.3 is 6.03 Å². The molecule has 0 aliphatic heterocycles. The number of anilines is 1. The molecule has 128 valence electrons. The van der Waals surface area contributed by atoms with Gasteiger partial charge in [0.05, 0.1) is 11.6 Å². The molecule has 2 amide bonds. The summed E-state index contributed by atoms with van der Waals surface area (Å²) in [5.41, 5.74) is 0.677. The van der Waals surface area contributed by atoms with Crippen molar-refractivity contribution in [1.29, 1.82) is 0 Å². The Morgan fingerprint density at radius 1 is 1.46 bits per heavy atom. The van der Waals surface area contributed by atoms with Crippen LogP contribution in [0.15, 0.2) is 28.0 Å². The van der Waals surface area contributed by atoms with E-state index in [1.165, 1.54) is 17.0 Å². The van der Waals surface area contributed by atoms with E-state index in [4.69, 9.17) is 11.6 Å². The smallest absolute Gasteiger partial charge is 0.317 e. The van der Waals surface area contributed by atoms with Crippen LogP contribution in [0.25, 0.3) is 0 Å². The van der Waals surface area contributed by atoms with Crippen molar-refractivity contribution in [1.82, 2.24) is 20.5 Å². The van der Waals surface area contributed by atoms with Crippen LogP contribution in [0, 0.1) is 5.82 Å². The van der Waals surface area contributed by atoms with Crippen LogP contribution in [-0.2, 0) is 6.54 Å². The number of halogens is 2. The molecule has 0 aliphatic rings. The van der Waals surface area contributed by atoms with E-state index in [0.29, 0.717) is 5.69 Å². The summed E-state index contributed by atoms with van der Waals surface area (Å²) in [5.74, 6) is -0.687. The molecule has 0 saturated heterocycles. The minimum absolute atomic E-state index is 0.000715. The van der Waals surface area contributed by atoms with Gasteiger partial charge in [-0.1, -0.05) is 21.9 Å². The first-order valence-electron chi connectivity index (χ1n) is 6.63. The Kier molecular flexibility index (Phi) is 5.53. The van der Waals surface area contributed by atoms with Gasteiger partial charge in [-0.05, 0) is 23.4 Å². The number of hydrogen-bond donors (Lipinski definition) is 3. The van der Waals surface area contributed by atoms with Gasteiger partial charge in [0.25, 0.3) is 0 Å². The number of nitrogens with one attached hydrogen (secondary N) is 2. The summed E-state index contributed by atoms with van der Waals surface area (Å²) in [7, 11) is 3.16. The fourth-order valence-corrected chi connectivity index (χ4v) is 1.84. The Balaban J connectivity index is 2.15. The van der Waals surface area contributed by atoms with E-state index in [2.05, 4.69) is 30.7 Å². The summed E-state index contributed by atoms with van der Waals surface area (Å²) in [6.07, 6.45) is 0. The monoisotopic (exact) mass is 356 g/mol. The van der Waals surface area contributed by atoms with Gasteiger partial charge in [-0.3, -0.25) is 0 Å². The molecular weight excluding hydrogens is 343 g/mol. The lowest BCUT2D eigenvalue weighted by atomic mass is 10.2. The number of amidine groups is 1. The predicted molar refractivity (Wildman–Crippen MR) is 83.6 cm³/mol. The van der Waals surface area contributed by atoms with E-state index < -0.39 is 5.82 Å². The highest BCUT2D eigenvalue weighted by atomic mass is 35.5. The number of amides is 2. The zero-order valence-electron chi connectivity index (χ0n) is 12.7. The zero-order valence-corrected chi connectivity index (χ0v) is 13.5. The lowest BCUT2D eigenvalue weighted by Crippen LogP contribution is -2.34. The number of aromatic nitrogens is 2. The summed E-state index contributed by atoms with van der Waals surface area (Å²) >= 11 is 5.69. The van der Waals surface area contributed by atoms with Crippen LogP contribution < -0.4 is 10.6 Å². The van der Waals surface area contributed by atoms with Gasteiger partial charge in [0.1, 0.15) is 11.5 Å². The minimum atomic E-state index is -0.583. The second-order valence-corrected chi connectivity index (χ2v) is 5.22. The van der Waals surface area contributed by atoms with E-state index in [9.17, 15) is 14.4 Å². The largest absolute Gasteiger partial charge is 0.409 e. The van der Waals surface area contributed by atoms with Gasteiger partial charge in [0, 0.05) is 19.8 Å². The molecule has 0 spiro atoms. The first-order valence-corrected chi connectivity index (χ1v) is 7.01. The lowest BCUT2D eigenvalue weighted by Gasteiger charge is -2.11. The number of carbonyl (C=O) groups excluding carboxylic acids is 1. The molecule has 0 radical (unpaired) electrons. The Hall–Kier alpha value is -2.88. The van der Waals surface area contributed by atoms with Crippen molar-refractivity contribution in [3.05, 3.63) is 40.4 Å². The molecule has 1 heterocycles. The molecule has 9 nitrogen and oxygen atoms in total. The Bertz CT molecular complexity index is 764. The van der Waals surface area contributed by atoms with Crippen molar-refractivity contribution in [2.75, 3.05) is 19.4 Å². The van der Waals surface area contributed by atoms with Crippen LogP contribution in [0.4, 0.5) is 14.9 Å². The first kappa shape index (κ1) is 17.5. The number of urea groups is 1. The SMILES string of the molecule is CN(C)C(=O)NCc1nonc1/C(=N\O)Nc1ccc(F)c(Cl)c1. The van der Waals surface area contributed by atoms with Gasteiger partial charge in [-0.2, -0.15) is 0 Å². The zero-order chi connectivity index (χ0) is 17.7. The number of nitrogens with zero attached hydrogens (tertiary/aromatic N) is 4. The van der Waals surface area contributed by atoms with Gasteiger partial charge in [-0.15, -0.1) is 0 Å². The Morgan fingerprint density at radius 3 is 2.83 bits per heavy atom. The highest BCUT2D eigenvalue weighted by Crippen LogP contribution is 2.20. The molecule has 1 aromatic heterocycles. The second kappa shape index (κ2) is 7.59. The van der Waals surface area contributed by atoms with E-state index in [0.717, 1.165) is 6.07 Å². The van der Waals surface area contributed by atoms with Crippen LogP contribution in [0.5, 0.6) is 0 Å². The van der Waals surface area contributed by atoms with Crippen molar-refractivity contribution in [2.45, 2.75) is 6.54 Å². The second-order valence-electron chi connectivity index (χ2n) is 4.82. The maximum Gasteiger partial charge on any atom is 0.317 e. The van der Waals surface area contributed by atoms with Crippen LogP contribution in [0.3, 0.4) is 0 Å². The summed E-state index contributed by atoms with van der Waals surface area (Å²) < 4.78 is 17.8. The van der Waals surface area contributed by atoms with Crippen LogP contribution in [0.2, 0.25) is 5.02 Å². The number of oxime groups is 1. The third kappa shape index (κ3) is 4.10. The molecule has 0 atom stereocenters. The normalized spacial score (nSPS) is 11.2. The quantitative estimate of drug-likeness (QED) is 0.333.